The van der Waals surface area contributed by atoms with Crippen LogP contribution >= 0.6 is 0 Å². The molecular formula is C8H17BF3KN2O. The molecule has 0 amide bonds. The van der Waals surface area contributed by atoms with E-state index >= 15 is 0 Å². The van der Waals surface area contributed by atoms with Crippen molar-refractivity contribution in [1.29, 1.82) is 0 Å². The number of hydrogen-bond donors (Lipinski definition) is 0. The third kappa shape index (κ3) is 8.46. The van der Waals surface area contributed by atoms with E-state index in [1.807, 2.05) is 4.90 Å². The molecule has 0 bridgehead atoms. The van der Waals surface area contributed by atoms with Crippen molar-refractivity contribution >= 4 is 7.27 Å². The van der Waals surface area contributed by atoms with Crippen LogP contribution in [-0.2, 0) is 4.74 Å². The van der Waals surface area contributed by atoms with Gasteiger partial charge in [0.2, 0.25) is 0 Å². The van der Waals surface area contributed by atoms with E-state index in [0.29, 0.717) is 0 Å². The molecule has 1 fully saturated rings. The number of nitrogens with zero attached hydrogens (tertiary/aromatic N) is 2. The summed E-state index contributed by atoms with van der Waals surface area (Å²) < 4.78 is 29.0. The predicted molar refractivity (Wildman–Crippen MR) is 52.7 cm³/mol. The standard InChI is InChI=1S/C8H17BF2N2O.FH.K/c1-14-7-6-12-2-4-13(5-3-12)8-9(10)11;;/h2-8H2,1H3;1H;/q;;+1/p-1. The number of piperazine rings is 1. The maximum Gasteiger partial charge on any atom is 1.00 e. The van der Waals surface area contributed by atoms with E-state index in [-0.39, 0.29) is 62.5 Å². The summed E-state index contributed by atoms with van der Waals surface area (Å²) in [6.07, 6.45) is -0.0852. The molecule has 90 valence electrons. The zero-order chi connectivity index (χ0) is 10.4. The Balaban J connectivity index is 0. The Kier molecular flexibility index (Phi) is 14.1. The molecule has 8 heteroatoms. The number of rotatable bonds is 5. The summed E-state index contributed by atoms with van der Waals surface area (Å²) >= 11 is 0. The summed E-state index contributed by atoms with van der Waals surface area (Å²) in [5.74, 6) is 0. The van der Waals surface area contributed by atoms with Crippen molar-refractivity contribution in [3.8, 4) is 0 Å². The second-order valence-corrected chi connectivity index (χ2v) is 3.53. The van der Waals surface area contributed by atoms with E-state index in [1.165, 1.54) is 0 Å². The maximum absolute atomic E-state index is 12.0. The number of halogens is 3. The minimum absolute atomic E-state index is 0. The van der Waals surface area contributed by atoms with Crippen molar-refractivity contribution in [2.45, 2.75) is 0 Å². The minimum atomic E-state index is -2.21. The van der Waals surface area contributed by atoms with Crippen LogP contribution < -0.4 is 56.1 Å². The van der Waals surface area contributed by atoms with Gasteiger partial charge in [-0.15, -0.1) is 0 Å². The SMILES string of the molecule is COCCN1CCN(CB(F)F)CC1.[F-].[K+]. The molecule has 0 spiro atoms. The summed E-state index contributed by atoms with van der Waals surface area (Å²) in [5, 5.41) is 0. The smallest absolute Gasteiger partial charge is 1.00 e. The molecule has 0 aromatic carbocycles. The summed E-state index contributed by atoms with van der Waals surface area (Å²) in [6, 6.07) is 0. The molecule has 16 heavy (non-hydrogen) atoms. The Morgan fingerprint density at radius 2 is 1.62 bits per heavy atom. The van der Waals surface area contributed by atoms with Gasteiger partial charge in [-0.05, 0) is 0 Å². The van der Waals surface area contributed by atoms with Gasteiger partial charge in [0.25, 0.3) is 0 Å². The Morgan fingerprint density at radius 3 is 2.06 bits per heavy atom. The van der Waals surface area contributed by atoms with Crippen LogP contribution in [0.5, 0.6) is 0 Å². The molecule has 1 aliphatic rings. The third-order valence-electron chi connectivity index (χ3n) is 2.47. The van der Waals surface area contributed by atoms with Gasteiger partial charge in [-0.25, -0.2) is 0 Å². The molecule has 1 aliphatic heterocycles. The quantitative estimate of drug-likeness (QED) is 0.460. The van der Waals surface area contributed by atoms with Gasteiger partial charge < -0.3 is 14.3 Å². The van der Waals surface area contributed by atoms with E-state index in [4.69, 9.17) is 4.74 Å². The maximum atomic E-state index is 12.0. The predicted octanol–water partition coefficient (Wildman–Crippen LogP) is -5.78. The monoisotopic (exact) mass is 264 g/mol. The van der Waals surface area contributed by atoms with Crippen LogP contribution in [0.15, 0.2) is 0 Å². The normalized spacial score (nSPS) is 17.4. The zero-order valence-corrected chi connectivity index (χ0v) is 13.1. The summed E-state index contributed by atoms with van der Waals surface area (Å²) in [6.45, 7) is 4.85. The molecule has 0 unspecified atom stereocenters. The van der Waals surface area contributed by atoms with E-state index in [0.717, 1.165) is 39.3 Å². The summed E-state index contributed by atoms with van der Waals surface area (Å²) in [7, 11) is -0.534. The number of ether oxygens (including phenoxy) is 1. The number of methoxy groups -OCH3 is 1. The van der Waals surface area contributed by atoms with Crippen LogP contribution in [0.4, 0.5) is 8.63 Å². The van der Waals surface area contributed by atoms with Gasteiger partial charge in [-0.3, -0.25) is 13.5 Å². The fraction of sp³-hybridized carbons (Fsp3) is 1.00. The van der Waals surface area contributed by atoms with Crippen molar-refractivity contribution in [3.05, 3.63) is 0 Å². The van der Waals surface area contributed by atoms with Crippen LogP contribution in [0.2, 0.25) is 0 Å². The van der Waals surface area contributed by atoms with E-state index in [1.54, 1.807) is 7.11 Å². The van der Waals surface area contributed by atoms with Gasteiger partial charge in [-0.2, -0.15) is 0 Å². The molecule has 1 saturated heterocycles. The van der Waals surface area contributed by atoms with Gasteiger partial charge in [-0.1, -0.05) is 0 Å². The Labute approximate surface area is 138 Å². The van der Waals surface area contributed by atoms with Crippen LogP contribution in [0.25, 0.3) is 0 Å². The molecule has 1 heterocycles. The van der Waals surface area contributed by atoms with Crippen molar-refractivity contribution in [1.82, 2.24) is 9.80 Å². The van der Waals surface area contributed by atoms with Gasteiger partial charge >= 0.3 is 58.7 Å². The molecule has 1 rings (SSSR count). The van der Waals surface area contributed by atoms with Gasteiger partial charge in [0.05, 0.1) is 6.61 Å². The molecule has 0 saturated carbocycles. The summed E-state index contributed by atoms with van der Waals surface area (Å²) in [5.41, 5.74) is 0. The molecule has 0 aliphatic carbocycles. The minimum Gasteiger partial charge on any atom is -1.00 e. The number of hydrogen-bond acceptors (Lipinski definition) is 3. The molecule has 0 N–H and O–H groups in total. The largest absolute Gasteiger partial charge is 1.00 e. The van der Waals surface area contributed by atoms with Gasteiger partial charge in [0.1, 0.15) is 0 Å². The molecular weight excluding hydrogens is 247 g/mol. The average Bonchev–Trinajstić information content (AvgIpc) is 2.16. The second-order valence-electron chi connectivity index (χ2n) is 3.53. The zero-order valence-electron chi connectivity index (χ0n) is 9.96. The topological polar surface area (TPSA) is 15.7 Å². The molecule has 0 aromatic rings. The molecule has 0 radical (unpaired) electrons. The first kappa shape index (κ1) is 19.7. The van der Waals surface area contributed by atoms with Gasteiger partial charge in [0.15, 0.2) is 0 Å². The molecule has 0 atom stereocenters. The van der Waals surface area contributed by atoms with E-state index in [9.17, 15) is 8.63 Å². The van der Waals surface area contributed by atoms with Crippen molar-refractivity contribution in [3.63, 3.8) is 0 Å². The summed E-state index contributed by atoms with van der Waals surface area (Å²) in [4.78, 5) is 4.05. The van der Waals surface area contributed by atoms with E-state index < -0.39 is 7.27 Å². The molecule has 3 nitrogen and oxygen atoms in total. The Morgan fingerprint density at radius 1 is 1.12 bits per heavy atom. The molecule has 0 aromatic heterocycles. The fourth-order valence-electron chi connectivity index (χ4n) is 1.61. The first-order valence-corrected chi connectivity index (χ1v) is 4.94. The van der Waals surface area contributed by atoms with Crippen LogP contribution in [0.3, 0.4) is 0 Å². The van der Waals surface area contributed by atoms with Crippen molar-refractivity contribution in [2.75, 3.05) is 52.9 Å². The van der Waals surface area contributed by atoms with Crippen molar-refractivity contribution in [2.24, 2.45) is 0 Å². The Hall–Kier alpha value is 1.37. The average molecular weight is 264 g/mol. The van der Waals surface area contributed by atoms with Crippen LogP contribution in [0.1, 0.15) is 0 Å². The van der Waals surface area contributed by atoms with Crippen LogP contribution in [0, 0.1) is 0 Å². The van der Waals surface area contributed by atoms with E-state index in [2.05, 4.69) is 4.90 Å². The van der Waals surface area contributed by atoms with Crippen LogP contribution in [-0.4, -0.2) is 70.0 Å². The Bertz CT molecular complexity index is 162. The first-order chi connectivity index (χ1) is 6.72. The third-order valence-corrected chi connectivity index (χ3v) is 2.47. The van der Waals surface area contributed by atoms with Crippen molar-refractivity contribution < 1.29 is 69.5 Å². The van der Waals surface area contributed by atoms with Gasteiger partial charge in [0, 0.05) is 46.3 Å². The fourth-order valence-corrected chi connectivity index (χ4v) is 1.61. The first-order valence-electron chi connectivity index (χ1n) is 4.94. The second kappa shape index (κ2) is 11.5.